The summed E-state index contributed by atoms with van der Waals surface area (Å²) < 4.78 is 11.5. The molecule has 2 N–H and O–H groups in total. The molecule has 21 heavy (non-hydrogen) atoms. The van der Waals surface area contributed by atoms with Gasteiger partial charge in [0, 0.05) is 25.0 Å². The zero-order chi connectivity index (χ0) is 14.8. The maximum absolute atomic E-state index is 6.40. The number of nitrogens with two attached hydrogens (primary N) is 1. The number of likely N-dealkylation sites (N-methyl/N-ethyl adjacent to an activating group) is 1. The van der Waals surface area contributed by atoms with Crippen molar-refractivity contribution < 1.29 is 9.47 Å². The maximum Gasteiger partial charge on any atom is 0.179 e. The molecule has 0 spiro atoms. The molecule has 1 aromatic carbocycles. The Balaban J connectivity index is 1.93. The molecule has 1 aliphatic carbocycles. The molecule has 5 heteroatoms. The van der Waals surface area contributed by atoms with Crippen LogP contribution in [0.4, 0.5) is 0 Å². The first-order chi connectivity index (χ1) is 10.2. The van der Waals surface area contributed by atoms with E-state index in [1.165, 1.54) is 12.8 Å². The van der Waals surface area contributed by atoms with E-state index in [9.17, 15) is 0 Å². The van der Waals surface area contributed by atoms with Crippen LogP contribution in [0.2, 0.25) is 5.02 Å². The van der Waals surface area contributed by atoms with Crippen LogP contribution < -0.4 is 15.2 Å². The Bertz CT molecular complexity index is 505. The van der Waals surface area contributed by atoms with Crippen LogP contribution in [0.3, 0.4) is 0 Å². The molecule has 1 heterocycles. The highest BCUT2D eigenvalue weighted by Gasteiger charge is 2.33. The van der Waals surface area contributed by atoms with E-state index < -0.39 is 0 Å². The lowest BCUT2D eigenvalue weighted by Gasteiger charge is -2.30. The summed E-state index contributed by atoms with van der Waals surface area (Å²) in [6.45, 7) is 5.08. The fourth-order valence-corrected chi connectivity index (χ4v) is 3.32. The summed E-state index contributed by atoms with van der Waals surface area (Å²) >= 11 is 6.40. The average molecular weight is 311 g/mol. The van der Waals surface area contributed by atoms with Crippen molar-refractivity contribution in [2.24, 2.45) is 5.73 Å². The minimum atomic E-state index is 0.192. The molecule has 1 atom stereocenters. The number of nitrogens with zero attached hydrogens (tertiary/aromatic N) is 1. The van der Waals surface area contributed by atoms with Gasteiger partial charge < -0.3 is 15.2 Å². The molecular weight excluding hydrogens is 288 g/mol. The van der Waals surface area contributed by atoms with Gasteiger partial charge in [-0.1, -0.05) is 18.5 Å². The van der Waals surface area contributed by atoms with E-state index in [4.69, 9.17) is 26.8 Å². The number of ether oxygens (including phenoxy) is 2. The minimum Gasteiger partial charge on any atom is -0.489 e. The van der Waals surface area contributed by atoms with E-state index in [0.29, 0.717) is 36.6 Å². The SMILES string of the molecule is CCN(C1CC1)C(CN)c1cc(Cl)c2c(c1)OCCCO2. The monoisotopic (exact) mass is 310 g/mol. The third-order valence-corrected chi connectivity index (χ3v) is 4.49. The molecule has 1 unspecified atom stereocenters. The van der Waals surface area contributed by atoms with Gasteiger partial charge in [-0.25, -0.2) is 0 Å². The Morgan fingerprint density at radius 3 is 2.76 bits per heavy atom. The second kappa shape index (κ2) is 6.42. The molecule has 0 bridgehead atoms. The smallest absolute Gasteiger partial charge is 0.179 e. The van der Waals surface area contributed by atoms with Gasteiger partial charge in [0.1, 0.15) is 0 Å². The quantitative estimate of drug-likeness (QED) is 0.908. The van der Waals surface area contributed by atoms with Gasteiger partial charge in [-0.15, -0.1) is 0 Å². The van der Waals surface area contributed by atoms with Crippen molar-refractivity contribution in [3.63, 3.8) is 0 Å². The third kappa shape index (κ3) is 3.12. The van der Waals surface area contributed by atoms with Crippen molar-refractivity contribution in [3.05, 3.63) is 22.7 Å². The van der Waals surface area contributed by atoms with E-state index >= 15 is 0 Å². The number of benzene rings is 1. The first-order valence-electron chi connectivity index (χ1n) is 7.79. The van der Waals surface area contributed by atoms with Crippen LogP contribution >= 0.6 is 11.6 Å². The third-order valence-electron chi connectivity index (χ3n) is 4.21. The predicted molar refractivity (Wildman–Crippen MR) is 84.3 cm³/mol. The number of hydrogen-bond donors (Lipinski definition) is 1. The molecule has 1 fully saturated rings. The van der Waals surface area contributed by atoms with Crippen LogP contribution in [0.5, 0.6) is 11.5 Å². The van der Waals surface area contributed by atoms with Crippen molar-refractivity contribution in [1.29, 1.82) is 0 Å². The van der Waals surface area contributed by atoms with Gasteiger partial charge >= 0.3 is 0 Å². The number of rotatable bonds is 5. The first-order valence-corrected chi connectivity index (χ1v) is 8.17. The normalized spacial score (nSPS) is 19.4. The summed E-state index contributed by atoms with van der Waals surface area (Å²) in [5.74, 6) is 1.42. The summed E-state index contributed by atoms with van der Waals surface area (Å²) in [6.07, 6.45) is 3.41. The Morgan fingerprint density at radius 1 is 1.33 bits per heavy atom. The van der Waals surface area contributed by atoms with Gasteiger partial charge in [0.25, 0.3) is 0 Å². The average Bonchev–Trinajstić information content (AvgIpc) is 3.30. The van der Waals surface area contributed by atoms with Crippen LogP contribution in [-0.4, -0.2) is 37.2 Å². The highest BCUT2D eigenvalue weighted by molar-refractivity contribution is 6.32. The molecule has 0 amide bonds. The van der Waals surface area contributed by atoms with Crippen molar-refractivity contribution in [2.75, 3.05) is 26.3 Å². The second-order valence-electron chi connectivity index (χ2n) is 5.69. The summed E-state index contributed by atoms with van der Waals surface area (Å²) in [6, 6.07) is 4.89. The van der Waals surface area contributed by atoms with Gasteiger partial charge in [0.2, 0.25) is 0 Å². The van der Waals surface area contributed by atoms with Crippen molar-refractivity contribution in [2.45, 2.75) is 38.3 Å². The summed E-state index contributed by atoms with van der Waals surface area (Å²) in [4.78, 5) is 2.47. The van der Waals surface area contributed by atoms with Crippen LogP contribution in [-0.2, 0) is 0 Å². The lowest BCUT2D eigenvalue weighted by Crippen LogP contribution is -2.35. The van der Waals surface area contributed by atoms with Gasteiger partial charge in [0.15, 0.2) is 11.5 Å². The van der Waals surface area contributed by atoms with Crippen LogP contribution in [0.1, 0.15) is 37.8 Å². The molecular formula is C16H23ClN2O2. The number of fused-ring (bicyclic) bond motifs is 1. The van der Waals surface area contributed by atoms with E-state index in [1.807, 2.05) is 6.07 Å². The molecule has 2 aliphatic rings. The highest BCUT2D eigenvalue weighted by atomic mass is 35.5. The molecule has 4 nitrogen and oxygen atoms in total. The lowest BCUT2D eigenvalue weighted by atomic mass is 10.0. The van der Waals surface area contributed by atoms with Gasteiger partial charge in [-0.3, -0.25) is 4.90 Å². The minimum absolute atomic E-state index is 0.192. The van der Waals surface area contributed by atoms with Gasteiger partial charge in [-0.2, -0.15) is 0 Å². The molecule has 0 saturated heterocycles. The largest absolute Gasteiger partial charge is 0.489 e. The lowest BCUT2D eigenvalue weighted by molar-refractivity contribution is 0.201. The van der Waals surface area contributed by atoms with Crippen LogP contribution in [0.15, 0.2) is 12.1 Å². The summed E-state index contributed by atoms with van der Waals surface area (Å²) in [5.41, 5.74) is 7.17. The Morgan fingerprint density at radius 2 is 2.10 bits per heavy atom. The topological polar surface area (TPSA) is 47.7 Å². The van der Waals surface area contributed by atoms with Crippen molar-refractivity contribution in [3.8, 4) is 11.5 Å². The second-order valence-corrected chi connectivity index (χ2v) is 6.10. The maximum atomic E-state index is 6.40. The van der Waals surface area contributed by atoms with Gasteiger partial charge in [0.05, 0.1) is 18.2 Å². The van der Waals surface area contributed by atoms with E-state index in [2.05, 4.69) is 17.9 Å². The zero-order valence-electron chi connectivity index (χ0n) is 12.5. The molecule has 1 aliphatic heterocycles. The molecule has 0 aromatic heterocycles. The molecule has 116 valence electrons. The molecule has 1 saturated carbocycles. The number of halogens is 1. The van der Waals surface area contributed by atoms with Crippen LogP contribution in [0.25, 0.3) is 0 Å². The Hall–Kier alpha value is -0.970. The summed E-state index contributed by atoms with van der Waals surface area (Å²) in [5, 5.41) is 0.620. The molecule has 0 radical (unpaired) electrons. The van der Waals surface area contributed by atoms with Crippen molar-refractivity contribution in [1.82, 2.24) is 4.90 Å². The standard InChI is InChI=1S/C16H23ClN2O2/c1-2-19(12-4-5-12)14(10-18)11-8-13(17)16-15(9-11)20-6-3-7-21-16/h8-9,12,14H,2-7,10,18H2,1H3. The molecule has 3 rings (SSSR count). The van der Waals surface area contributed by atoms with E-state index in [-0.39, 0.29) is 6.04 Å². The first kappa shape index (κ1) is 14.9. The Kier molecular flexibility index (Phi) is 4.57. The van der Waals surface area contributed by atoms with Crippen molar-refractivity contribution >= 4 is 11.6 Å². The summed E-state index contributed by atoms with van der Waals surface area (Å²) in [7, 11) is 0. The number of hydrogen-bond acceptors (Lipinski definition) is 4. The molecule has 1 aromatic rings. The van der Waals surface area contributed by atoms with E-state index in [1.54, 1.807) is 0 Å². The van der Waals surface area contributed by atoms with Crippen LogP contribution in [0, 0.1) is 0 Å². The zero-order valence-corrected chi connectivity index (χ0v) is 13.2. The highest BCUT2D eigenvalue weighted by Crippen LogP contribution is 2.41. The fraction of sp³-hybridized carbons (Fsp3) is 0.625. The van der Waals surface area contributed by atoms with Gasteiger partial charge in [-0.05, 0) is 37.1 Å². The van der Waals surface area contributed by atoms with E-state index in [0.717, 1.165) is 24.3 Å². The fourth-order valence-electron chi connectivity index (χ4n) is 3.05. The predicted octanol–water partition coefficient (Wildman–Crippen LogP) is 2.99. The Labute approximate surface area is 131 Å².